The first-order chi connectivity index (χ1) is 9.67. The second kappa shape index (κ2) is 6.91. The maximum atomic E-state index is 11.4. The number of carbonyl (C=O) groups excluding carboxylic acids is 1. The molecule has 2 N–H and O–H groups in total. The predicted molar refractivity (Wildman–Crippen MR) is 82.5 cm³/mol. The number of anilines is 3. The number of hydrogen-bond acceptors (Lipinski definition) is 3. The first-order valence-electron chi connectivity index (χ1n) is 6.46. The Labute approximate surface area is 123 Å². The van der Waals surface area contributed by atoms with Crippen molar-refractivity contribution < 1.29 is 4.79 Å². The summed E-state index contributed by atoms with van der Waals surface area (Å²) in [6.07, 6.45) is 3.00. The number of aromatic nitrogens is 1. The number of nitrogens with zero attached hydrogens (tertiary/aromatic N) is 1. The van der Waals surface area contributed by atoms with Gasteiger partial charge in [0.1, 0.15) is 5.82 Å². The summed E-state index contributed by atoms with van der Waals surface area (Å²) in [7, 11) is 0. The summed E-state index contributed by atoms with van der Waals surface area (Å²) in [5.74, 6) is 0.545. The second-order valence-electron chi connectivity index (χ2n) is 4.36. The van der Waals surface area contributed by atoms with Crippen molar-refractivity contribution >= 4 is 34.7 Å². The summed E-state index contributed by atoms with van der Waals surface area (Å²) in [4.78, 5) is 15.6. The van der Waals surface area contributed by atoms with Crippen molar-refractivity contribution in [3.05, 3.63) is 47.6 Å². The van der Waals surface area contributed by atoms with Crippen LogP contribution in [0.5, 0.6) is 0 Å². The average molecular weight is 290 g/mol. The topological polar surface area (TPSA) is 54.0 Å². The van der Waals surface area contributed by atoms with Crippen LogP contribution in [0.1, 0.15) is 19.8 Å². The third-order valence-corrected chi connectivity index (χ3v) is 2.89. The minimum atomic E-state index is -0.0154. The Kier molecular flexibility index (Phi) is 4.96. The third kappa shape index (κ3) is 4.24. The molecule has 2 rings (SSSR count). The first-order valence-corrected chi connectivity index (χ1v) is 6.83. The third-order valence-electron chi connectivity index (χ3n) is 2.64. The molecule has 20 heavy (non-hydrogen) atoms. The van der Waals surface area contributed by atoms with Gasteiger partial charge in [0.15, 0.2) is 0 Å². The zero-order chi connectivity index (χ0) is 14.4. The van der Waals surface area contributed by atoms with Crippen LogP contribution in [0.4, 0.5) is 17.2 Å². The monoisotopic (exact) mass is 289 g/mol. The molecule has 1 aromatic heterocycles. The average Bonchev–Trinajstić information content (AvgIpc) is 2.44. The minimum Gasteiger partial charge on any atom is -0.354 e. The lowest BCUT2D eigenvalue weighted by Gasteiger charge is -2.07. The van der Waals surface area contributed by atoms with Gasteiger partial charge in [0.2, 0.25) is 5.91 Å². The van der Waals surface area contributed by atoms with E-state index >= 15 is 0 Å². The zero-order valence-electron chi connectivity index (χ0n) is 11.2. The van der Waals surface area contributed by atoms with Gasteiger partial charge in [0, 0.05) is 17.1 Å². The Bertz CT molecular complexity index is 567. The van der Waals surface area contributed by atoms with Crippen molar-refractivity contribution in [3.63, 3.8) is 0 Å². The summed E-state index contributed by atoms with van der Waals surface area (Å²) in [5, 5.41) is 6.65. The number of pyridine rings is 1. The summed E-state index contributed by atoms with van der Waals surface area (Å²) in [5.41, 5.74) is 1.78. The Morgan fingerprint density at radius 3 is 2.45 bits per heavy atom. The van der Waals surface area contributed by atoms with Crippen molar-refractivity contribution in [1.29, 1.82) is 0 Å². The van der Waals surface area contributed by atoms with Gasteiger partial charge in [0.25, 0.3) is 0 Å². The van der Waals surface area contributed by atoms with Crippen molar-refractivity contribution in [1.82, 2.24) is 4.98 Å². The fourth-order valence-corrected chi connectivity index (χ4v) is 1.80. The highest BCUT2D eigenvalue weighted by atomic mass is 35.5. The lowest BCUT2D eigenvalue weighted by molar-refractivity contribution is -0.116. The molecule has 0 fully saturated rings. The molecule has 0 aliphatic rings. The number of rotatable bonds is 5. The van der Waals surface area contributed by atoms with E-state index in [1.54, 1.807) is 12.3 Å². The van der Waals surface area contributed by atoms with Gasteiger partial charge in [-0.05, 0) is 42.8 Å². The molecule has 0 bridgehead atoms. The van der Waals surface area contributed by atoms with Gasteiger partial charge in [-0.25, -0.2) is 4.98 Å². The van der Waals surface area contributed by atoms with Crippen LogP contribution >= 0.6 is 11.6 Å². The number of nitrogens with one attached hydrogen (secondary N) is 2. The molecule has 1 aromatic carbocycles. The van der Waals surface area contributed by atoms with Crippen molar-refractivity contribution in [2.45, 2.75) is 19.8 Å². The van der Waals surface area contributed by atoms with Crippen molar-refractivity contribution in [2.24, 2.45) is 0 Å². The molecule has 0 spiro atoms. The summed E-state index contributed by atoms with van der Waals surface area (Å²) in [6.45, 7) is 1.96. The predicted octanol–water partition coefficient (Wildman–Crippen LogP) is 4.22. The smallest absolute Gasteiger partial charge is 0.225 e. The number of halogens is 1. The molecule has 0 radical (unpaired) electrons. The van der Waals surface area contributed by atoms with Crippen LogP contribution in [-0.2, 0) is 4.79 Å². The van der Waals surface area contributed by atoms with E-state index < -0.39 is 0 Å². The van der Waals surface area contributed by atoms with E-state index in [4.69, 9.17) is 11.6 Å². The van der Waals surface area contributed by atoms with Gasteiger partial charge in [-0.15, -0.1) is 0 Å². The Morgan fingerprint density at radius 1 is 1.15 bits per heavy atom. The number of carbonyl (C=O) groups is 1. The van der Waals surface area contributed by atoms with Crippen molar-refractivity contribution in [2.75, 3.05) is 10.6 Å². The molecule has 104 valence electrons. The summed E-state index contributed by atoms with van der Waals surface area (Å²) >= 11 is 5.83. The highest BCUT2D eigenvalue weighted by Gasteiger charge is 2.02. The van der Waals surface area contributed by atoms with Crippen LogP contribution in [-0.4, -0.2) is 10.9 Å². The Balaban J connectivity index is 1.97. The molecule has 0 saturated heterocycles. The number of amides is 1. The van der Waals surface area contributed by atoms with E-state index in [0.29, 0.717) is 17.3 Å². The zero-order valence-corrected chi connectivity index (χ0v) is 11.9. The molecule has 0 unspecified atom stereocenters. The molecule has 0 atom stereocenters. The van der Waals surface area contributed by atoms with Crippen LogP contribution < -0.4 is 10.6 Å². The molecule has 5 heteroatoms. The molecule has 4 nitrogen and oxygen atoms in total. The lowest BCUT2D eigenvalue weighted by atomic mass is 10.3. The van der Waals surface area contributed by atoms with Crippen LogP contribution in [0.2, 0.25) is 5.02 Å². The summed E-state index contributed by atoms with van der Waals surface area (Å²) < 4.78 is 0. The SMILES string of the molecule is CCCC(=O)Nc1ccc(Nc2ccc(Cl)cc2)cn1. The van der Waals surface area contributed by atoms with E-state index in [0.717, 1.165) is 17.8 Å². The standard InChI is InChI=1S/C15H16ClN3O/c1-2-3-15(20)19-14-9-8-13(10-17-14)18-12-6-4-11(16)5-7-12/h4-10,18H,2-3H2,1H3,(H,17,19,20). The molecular weight excluding hydrogens is 274 g/mol. The van der Waals surface area contributed by atoms with Gasteiger partial charge in [-0.3, -0.25) is 4.79 Å². The quantitative estimate of drug-likeness (QED) is 0.866. The van der Waals surface area contributed by atoms with Gasteiger partial charge in [-0.2, -0.15) is 0 Å². The second-order valence-corrected chi connectivity index (χ2v) is 4.80. The summed E-state index contributed by atoms with van der Waals surface area (Å²) in [6, 6.07) is 11.0. The molecule has 0 saturated carbocycles. The highest BCUT2D eigenvalue weighted by molar-refractivity contribution is 6.30. The van der Waals surface area contributed by atoms with E-state index in [1.807, 2.05) is 37.3 Å². The fourth-order valence-electron chi connectivity index (χ4n) is 1.67. The molecule has 2 aromatic rings. The minimum absolute atomic E-state index is 0.0154. The molecule has 0 aliphatic carbocycles. The van der Waals surface area contributed by atoms with Crippen molar-refractivity contribution in [3.8, 4) is 0 Å². The fraction of sp³-hybridized carbons (Fsp3) is 0.200. The van der Waals surface area contributed by atoms with Crippen LogP contribution in [0.15, 0.2) is 42.6 Å². The van der Waals surface area contributed by atoms with Crippen LogP contribution in [0.25, 0.3) is 0 Å². The van der Waals surface area contributed by atoms with Gasteiger partial charge >= 0.3 is 0 Å². The largest absolute Gasteiger partial charge is 0.354 e. The molecule has 0 aliphatic heterocycles. The van der Waals surface area contributed by atoms with E-state index in [2.05, 4.69) is 15.6 Å². The molecule has 1 heterocycles. The van der Waals surface area contributed by atoms with Gasteiger partial charge in [0.05, 0.1) is 11.9 Å². The normalized spacial score (nSPS) is 10.1. The lowest BCUT2D eigenvalue weighted by Crippen LogP contribution is -2.11. The van der Waals surface area contributed by atoms with E-state index in [9.17, 15) is 4.79 Å². The van der Waals surface area contributed by atoms with Crippen LogP contribution in [0.3, 0.4) is 0 Å². The van der Waals surface area contributed by atoms with E-state index in [-0.39, 0.29) is 5.91 Å². The Morgan fingerprint density at radius 2 is 1.85 bits per heavy atom. The van der Waals surface area contributed by atoms with Gasteiger partial charge < -0.3 is 10.6 Å². The van der Waals surface area contributed by atoms with Gasteiger partial charge in [-0.1, -0.05) is 18.5 Å². The Hall–Kier alpha value is -2.07. The number of benzene rings is 1. The highest BCUT2D eigenvalue weighted by Crippen LogP contribution is 2.19. The first kappa shape index (κ1) is 14.3. The van der Waals surface area contributed by atoms with Crippen LogP contribution in [0, 0.1) is 0 Å². The maximum Gasteiger partial charge on any atom is 0.225 e. The van der Waals surface area contributed by atoms with E-state index in [1.165, 1.54) is 0 Å². The molecular formula is C15H16ClN3O. The maximum absolute atomic E-state index is 11.4. The number of hydrogen-bond donors (Lipinski definition) is 2. The molecule has 1 amide bonds.